The van der Waals surface area contributed by atoms with E-state index in [4.69, 9.17) is 4.74 Å². The summed E-state index contributed by atoms with van der Waals surface area (Å²) in [5.74, 6) is -0.901. The van der Waals surface area contributed by atoms with Gasteiger partial charge in [0.05, 0.1) is 17.8 Å². The van der Waals surface area contributed by atoms with Crippen LogP contribution in [0.3, 0.4) is 0 Å². The van der Waals surface area contributed by atoms with Gasteiger partial charge in [0.25, 0.3) is 0 Å². The molecule has 1 aliphatic heterocycles. The van der Waals surface area contributed by atoms with Gasteiger partial charge >= 0.3 is 0 Å². The molecule has 3 fully saturated rings. The van der Waals surface area contributed by atoms with E-state index in [9.17, 15) is 13.9 Å². The quantitative estimate of drug-likeness (QED) is 0.895. The molecule has 1 spiro atoms. The Labute approximate surface area is 135 Å². The van der Waals surface area contributed by atoms with E-state index >= 15 is 0 Å². The number of aliphatic hydroxyl groups is 1. The average molecular weight is 323 g/mol. The summed E-state index contributed by atoms with van der Waals surface area (Å²) in [6.45, 7) is 0.979. The molecular weight excluding hydrogens is 300 g/mol. The fraction of sp³-hybridized carbons (Fsp3) is 0.667. The summed E-state index contributed by atoms with van der Waals surface area (Å²) in [5.41, 5.74) is -0.0618. The summed E-state index contributed by atoms with van der Waals surface area (Å²) in [7, 11) is 0. The molecule has 2 N–H and O–H groups in total. The van der Waals surface area contributed by atoms with E-state index < -0.39 is 17.7 Å². The lowest BCUT2D eigenvalue weighted by molar-refractivity contribution is -0.132. The van der Waals surface area contributed by atoms with Gasteiger partial charge < -0.3 is 15.2 Å². The van der Waals surface area contributed by atoms with Crippen LogP contribution in [0, 0.1) is 23.0 Å². The summed E-state index contributed by atoms with van der Waals surface area (Å²) in [5, 5.41) is 13.7. The van der Waals surface area contributed by atoms with Crippen molar-refractivity contribution in [3.8, 4) is 0 Å². The largest absolute Gasteiger partial charge is 0.387 e. The molecule has 126 valence electrons. The molecule has 23 heavy (non-hydrogen) atoms. The molecule has 1 aromatic rings. The van der Waals surface area contributed by atoms with Crippen molar-refractivity contribution in [3.63, 3.8) is 0 Å². The van der Waals surface area contributed by atoms with Crippen molar-refractivity contribution in [2.24, 2.45) is 11.3 Å². The fourth-order valence-corrected chi connectivity index (χ4v) is 5.18. The van der Waals surface area contributed by atoms with Crippen LogP contribution < -0.4 is 5.32 Å². The number of fused-ring (bicyclic) bond motifs is 2. The molecule has 4 unspecified atom stereocenters. The molecule has 3 nitrogen and oxygen atoms in total. The number of ether oxygens (including phenoxy) is 1. The highest BCUT2D eigenvalue weighted by Gasteiger charge is 2.64. The van der Waals surface area contributed by atoms with Crippen molar-refractivity contribution < 1.29 is 18.6 Å². The van der Waals surface area contributed by atoms with Crippen LogP contribution in [0.25, 0.3) is 0 Å². The smallest absolute Gasteiger partial charge is 0.131 e. The van der Waals surface area contributed by atoms with Gasteiger partial charge in [0.15, 0.2) is 0 Å². The molecule has 2 saturated carbocycles. The molecule has 0 radical (unpaired) electrons. The number of hydrogen-bond acceptors (Lipinski definition) is 3. The Bertz CT molecular complexity index is 568. The van der Waals surface area contributed by atoms with Crippen LogP contribution >= 0.6 is 0 Å². The zero-order valence-electron chi connectivity index (χ0n) is 13.1. The topological polar surface area (TPSA) is 41.5 Å². The molecule has 0 bridgehead atoms. The predicted molar refractivity (Wildman–Crippen MR) is 81.9 cm³/mol. The molecule has 1 saturated heterocycles. The van der Waals surface area contributed by atoms with Gasteiger partial charge in [-0.15, -0.1) is 0 Å². The zero-order chi connectivity index (χ0) is 16.0. The minimum absolute atomic E-state index is 0.174. The third kappa shape index (κ3) is 2.32. The van der Waals surface area contributed by atoms with Gasteiger partial charge in [-0.1, -0.05) is 18.9 Å². The second-order valence-electron chi connectivity index (χ2n) is 7.22. The maximum Gasteiger partial charge on any atom is 0.131 e. The Morgan fingerprint density at radius 2 is 1.96 bits per heavy atom. The third-order valence-electron chi connectivity index (χ3n) is 6.15. The monoisotopic (exact) mass is 323 g/mol. The van der Waals surface area contributed by atoms with Crippen molar-refractivity contribution in [1.82, 2.24) is 5.32 Å². The molecule has 0 amide bonds. The van der Waals surface area contributed by atoms with E-state index in [1.165, 1.54) is 31.0 Å². The van der Waals surface area contributed by atoms with Crippen molar-refractivity contribution in [2.45, 2.75) is 50.4 Å². The lowest BCUT2D eigenvalue weighted by Gasteiger charge is -2.57. The molecule has 0 aromatic heterocycles. The molecule has 3 aliphatic rings. The van der Waals surface area contributed by atoms with E-state index in [1.54, 1.807) is 0 Å². The number of nitrogens with one attached hydrogen (secondary N) is 1. The predicted octanol–water partition coefficient (Wildman–Crippen LogP) is 2.94. The van der Waals surface area contributed by atoms with Crippen LogP contribution in [0.4, 0.5) is 8.78 Å². The first kappa shape index (κ1) is 15.5. The Hall–Kier alpha value is -1.04. The number of hydrogen-bond donors (Lipinski definition) is 2. The van der Waals surface area contributed by atoms with Crippen LogP contribution in [0.1, 0.15) is 43.8 Å². The van der Waals surface area contributed by atoms with Crippen LogP contribution in [-0.2, 0) is 4.74 Å². The van der Waals surface area contributed by atoms with E-state index in [-0.39, 0.29) is 17.5 Å². The van der Waals surface area contributed by atoms with Gasteiger partial charge in [-0.2, -0.15) is 0 Å². The molecule has 1 aromatic carbocycles. The Kier molecular flexibility index (Phi) is 3.90. The first-order valence-corrected chi connectivity index (χ1v) is 8.60. The summed E-state index contributed by atoms with van der Waals surface area (Å²) in [6.07, 6.45) is 4.94. The van der Waals surface area contributed by atoms with Gasteiger partial charge in [-0.05, 0) is 31.4 Å². The third-order valence-corrected chi connectivity index (χ3v) is 6.15. The molecular formula is C18H23F2NO2. The van der Waals surface area contributed by atoms with Gasteiger partial charge in [-0.3, -0.25) is 0 Å². The van der Waals surface area contributed by atoms with Gasteiger partial charge in [0.2, 0.25) is 0 Å². The standard InChI is InChI=1S/C18H23F2NO2/c19-12-4-3-5-13(20)15(12)14(22)10-21-16-11-6-9-23-17(11)18(16)7-1-2-8-18/h3-5,11,14,16-17,21-22H,1-2,6-10H2. The minimum Gasteiger partial charge on any atom is -0.387 e. The van der Waals surface area contributed by atoms with Gasteiger partial charge in [-0.25, -0.2) is 8.78 Å². The molecule has 5 heteroatoms. The Balaban J connectivity index is 1.46. The fourth-order valence-electron chi connectivity index (χ4n) is 5.18. The van der Waals surface area contributed by atoms with E-state index in [1.807, 2.05) is 0 Å². The maximum atomic E-state index is 13.8. The van der Waals surface area contributed by atoms with E-state index in [0.717, 1.165) is 25.9 Å². The maximum absolute atomic E-state index is 13.8. The van der Waals surface area contributed by atoms with Crippen LogP contribution in [-0.4, -0.2) is 30.4 Å². The summed E-state index contributed by atoms with van der Waals surface area (Å²) >= 11 is 0. The second kappa shape index (κ2) is 5.80. The minimum atomic E-state index is -1.17. The lowest BCUT2D eigenvalue weighted by atomic mass is 9.54. The van der Waals surface area contributed by atoms with Crippen molar-refractivity contribution >= 4 is 0 Å². The number of halogens is 2. The molecule has 4 atom stereocenters. The molecule has 1 heterocycles. The SMILES string of the molecule is OC(CNC1C2CCOC2C12CCCC2)c1c(F)cccc1F. The van der Waals surface area contributed by atoms with Crippen molar-refractivity contribution in [2.75, 3.05) is 13.2 Å². The number of rotatable bonds is 4. The Morgan fingerprint density at radius 3 is 2.65 bits per heavy atom. The van der Waals surface area contributed by atoms with E-state index in [0.29, 0.717) is 18.1 Å². The van der Waals surface area contributed by atoms with Gasteiger partial charge in [0, 0.05) is 30.5 Å². The average Bonchev–Trinajstić information content (AvgIpc) is 3.15. The van der Waals surface area contributed by atoms with Crippen LogP contribution in [0.5, 0.6) is 0 Å². The van der Waals surface area contributed by atoms with Crippen LogP contribution in [0.15, 0.2) is 18.2 Å². The Morgan fingerprint density at radius 1 is 1.26 bits per heavy atom. The number of benzene rings is 1. The highest BCUT2D eigenvalue weighted by atomic mass is 19.1. The summed E-state index contributed by atoms with van der Waals surface area (Å²) in [4.78, 5) is 0. The second-order valence-corrected chi connectivity index (χ2v) is 7.22. The zero-order valence-corrected chi connectivity index (χ0v) is 13.1. The van der Waals surface area contributed by atoms with Crippen LogP contribution in [0.2, 0.25) is 0 Å². The highest BCUT2D eigenvalue weighted by molar-refractivity contribution is 5.23. The lowest BCUT2D eigenvalue weighted by Crippen LogP contribution is -2.67. The molecule has 4 rings (SSSR count). The summed E-state index contributed by atoms with van der Waals surface area (Å²) < 4.78 is 33.5. The van der Waals surface area contributed by atoms with Crippen molar-refractivity contribution in [3.05, 3.63) is 35.4 Å². The normalized spacial score (nSPS) is 32.7. The molecule has 2 aliphatic carbocycles. The first-order valence-electron chi connectivity index (χ1n) is 8.60. The van der Waals surface area contributed by atoms with Gasteiger partial charge in [0.1, 0.15) is 11.6 Å². The first-order chi connectivity index (χ1) is 11.1. The highest BCUT2D eigenvalue weighted by Crippen LogP contribution is 2.60. The van der Waals surface area contributed by atoms with Crippen molar-refractivity contribution in [1.29, 1.82) is 0 Å². The number of aliphatic hydroxyl groups excluding tert-OH is 1. The van der Waals surface area contributed by atoms with E-state index in [2.05, 4.69) is 5.32 Å². The summed E-state index contributed by atoms with van der Waals surface area (Å²) in [6, 6.07) is 3.98.